The molecule has 3 aliphatic heterocycles. The van der Waals surface area contributed by atoms with E-state index in [2.05, 4.69) is 26.8 Å². The maximum atomic E-state index is 12.6. The predicted octanol–water partition coefficient (Wildman–Crippen LogP) is 0.950. The van der Waals surface area contributed by atoms with Gasteiger partial charge in [-0.2, -0.15) is 0 Å². The lowest BCUT2D eigenvalue weighted by molar-refractivity contribution is -0.148. The monoisotopic (exact) mass is 321 g/mol. The lowest BCUT2D eigenvalue weighted by Gasteiger charge is -2.47. The van der Waals surface area contributed by atoms with Crippen LogP contribution in [0, 0.1) is 5.41 Å². The van der Waals surface area contributed by atoms with Gasteiger partial charge in [0, 0.05) is 7.05 Å². The Hall–Kier alpha value is -1.60. The highest BCUT2D eigenvalue weighted by atomic mass is 16.8. The second-order valence-corrected chi connectivity index (χ2v) is 8.19. The van der Waals surface area contributed by atoms with Gasteiger partial charge < -0.3 is 9.47 Å². The maximum Gasteiger partial charge on any atom is 0.347 e. The first kappa shape index (κ1) is 15.0. The molecule has 1 aromatic rings. The Kier molecular flexibility index (Phi) is 2.65. The smallest absolute Gasteiger partial charge is 0.342 e. The molecule has 4 heterocycles. The van der Waals surface area contributed by atoms with E-state index in [0.29, 0.717) is 0 Å². The zero-order chi connectivity index (χ0) is 16.9. The summed E-state index contributed by atoms with van der Waals surface area (Å²) in [5.41, 5.74) is 0.394. The van der Waals surface area contributed by atoms with E-state index in [4.69, 9.17) is 9.47 Å². The molecule has 1 saturated heterocycles. The van der Waals surface area contributed by atoms with Crippen molar-refractivity contribution in [3.8, 4) is 0 Å². The van der Waals surface area contributed by atoms with Gasteiger partial charge in [0.2, 0.25) is 0 Å². The lowest BCUT2D eigenvalue weighted by Crippen LogP contribution is -2.56. The van der Waals surface area contributed by atoms with Gasteiger partial charge in [0.05, 0.1) is 0 Å². The van der Waals surface area contributed by atoms with Crippen molar-refractivity contribution in [3.63, 3.8) is 0 Å². The first-order valence-corrected chi connectivity index (χ1v) is 8.01. The molecule has 1 aliphatic carbocycles. The first-order valence-electron chi connectivity index (χ1n) is 8.01. The van der Waals surface area contributed by atoms with E-state index in [0.717, 1.165) is 10.1 Å². The van der Waals surface area contributed by atoms with Gasteiger partial charge in [-0.25, -0.2) is 23.5 Å². The van der Waals surface area contributed by atoms with Gasteiger partial charge in [-0.05, 0) is 24.8 Å². The zero-order valence-electron chi connectivity index (χ0n) is 14.4. The minimum absolute atomic E-state index is 0.124. The lowest BCUT2D eigenvalue weighted by atomic mass is 9.73. The van der Waals surface area contributed by atoms with E-state index in [1.165, 1.54) is 11.7 Å². The van der Waals surface area contributed by atoms with Crippen molar-refractivity contribution in [1.29, 1.82) is 0 Å². The molecule has 0 aromatic carbocycles. The molecule has 7 nitrogen and oxygen atoms in total. The molecule has 1 fully saturated rings. The van der Waals surface area contributed by atoms with Crippen molar-refractivity contribution in [1.82, 2.24) is 13.9 Å². The second-order valence-electron chi connectivity index (χ2n) is 8.19. The maximum absolute atomic E-state index is 12.6. The van der Waals surface area contributed by atoms with Gasteiger partial charge >= 0.3 is 11.4 Å². The summed E-state index contributed by atoms with van der Waals surface area (Å²) in [6.07, 6.45) is 1.59. The third kappa shape index (κ3) is 1.77. The predicted molar refractivity (Wildman–Crippen MR) is 83.4 cm³/mol. The van der Waals surface area contributed by atoms with Crippen LogP contribution in [0.3, 0.4) is 0 Å². The molecule has 23 heavy (non-hydrogen) atoms. The van der Waals surface area contributed by atoms with Gasteiger partial charge in [-0.3, -0.25) is 0 Å². The van der Waals surface area contributed by atoms with Crippen LogP contribution in [0.2, 0.25) is 0 Å². The number of ether oxygens (including phenoxy) is 2. The van der Waals surface area contributed by atoms with E-state index in [1.807, 2.05) is 13.8 Å². The molecule has 4 aliphatic rings. The number of hydrogen-bond acceptors (Lipinski definition) is 4. The van der Waals surface area contributed by atoms with E-state index in [1.54, 1.807) is 4.68 Å². The van der Waals surface area contributed by atoms with Crippen LogP contribution >= 0.6 is 0 Å². The van der Waals surface area contributed by atoms with Crippen molar-refractivity contribution < 1.29 is 9.47 Å². The Morgan fingerprint density at radius 2 is 1.61 bits per heavy atom. The van der Waals surface area contributed by atoms with Gasteiger partial charge in [0.15, 0.2) is 5.79 Å². The van der Waals surface area contributed by atoms with E-state index >= 15 is 0 Å². The van der Waals surface area contributed by atoms with Gasteiger partial charge in [0.25, 0.3) is 0 Å². The van der Waals surface area contributed by atoms with Crippen LogP contribution in [0.25, 0.3) is 0 Å². The molecule has 0 radical (unpaired) electrons. The fourth-order valence-electron chi connectivity index (χ4n) is 4.15. The van der Waals surface area contributed by atoms with Gasteiger partial charge in [0.1, 0.15) is 24.3 Å². The molecule has 126 valence electrons. The van der Waals surface area contributed by atoms with Crippen LogP contribution < -0.4 is 11.4 Å². The number of hydrogen-bond donors (Lipinski definition) is 0. The zero-order valence-corrected chi connectivity index (χ0v) is 14.4. The minimum atomic E-state index is -0.716. The van der Waals surface area contributed by atoms with Crippen LogP contribution in [0.5, 0.6) is 0 Å². The fraction of sp³-hybridized carbons (Fsp3) is 0.750. The fourth-order valence-corrected chi connectivity index (χ4v) is 4.15. The second kappa shape index (κ2) is 4.08. The molecule has 4 atom stereocenters. The number of rotatable bonds is 0. The van der Waals surface area contributed by atoms with E-state index < -0.39 is 5.79 Å². The molecule has 0 spiro atoms. The van der Waals surface area contributed by atoms with Crippen molar-refractivity contribution >= 4 is 0 Å². The molecular weight excluding hydrogens is 298 g/mol. The summed E-state index contributed by atoms with van der Waals surface area (Å²) in [6, 6.07) is -0.629. The molecule has 0 amide bonds. The van der Waals surface area contributed by atoms with Crippen molar-refractivity contribution in [2.24, 2.45) is 12.5 Å². The average molecular weight is 321 g/mol. The summed E-state index contributed by atoms with van der Waals surface area (Å²) in [5, 5.41) is 0. The van der Waals surface area contributed by atoms with Crippen LogP contribution in [-0.2, 0) is 16.5 Å². The quantitative estimate of drug-likeness (QED) is 0.667. The average Bonchev–Trinajstić information content (AvgIpc) is 2.88. The van der Waals surface area contributed by atoms with Gasteiger partial charge in [-0.1, -0.05) is 26.8 Å². The third-order valence-electron chi connectivity index (χ3n) is 5.09. The molecule has 0 saturated carbocycles. The van der Waals surface area contributed by atoms with E-state index in [-0.39, 0.29) is 41.1 Å². The summed E-state index contributed by atoms with van der Waals surface area (Å²) in [7, 11) is 1.51. The summed E-state index contributed by atoms with van der Waals surface area (Å²) >= 11 is 0. The normalized spacial score (nSPS) is 34.3. The van der Waals surface area contributed by atoms with Crippen molar-refractivity contribution in [3.05, 3.63) is 32.6 Å². The summed E-state index contributed by atoms with van der Waals surface area (Å²) in [4.78, 5) is 25.1. The Morgan fingerprint density at radius 1 is 1.04 bits per heavy atom. The summed E-state index contributed by atoms with van der Waals surface area (Å²) < 4.78 is 16.4. The summed E-state index contributed by atoms with van der Waals surface area (Å²) in [6.45, 7) is 10.1. The topological polar surface area (TPSA) is 67.4 Å². The molecule has 5 rings (SSSR count). The molecule has 7 heteroatoms. The number of aromatic nitrogens is 3. The Bertz CT molecular complexity index is 833. The minimum Gasteiger partial charge on any atom is -0.342 e. The largest absolute Gasteiger partial charge is 0.347 e. The van der Waals surface area contributed by atoms with Crippen molar-refractivity contribution in [2.75, 3.05) is 0 Å². The van der Waals surface area contributed by atoms with Crippen LogP contribution in [0.1, 0.15) is 46.7 Å². The molecule has 1 aromatic heterocycles. The number of nitrogens with zero attached hydrogens (tertiary/aromatic N) is 3. The Morgan fingerprint density at radius 3 is 2.22 bits per heavy atom. The highest BCUT2D eigenvalue weighted by molar-refractivity contribution is 5.30. The van der Waals surface area contributed by atoms with E-state index in [9.17, 15) is 9.59 Å². The highest BCUT2D eigenvalue weighted by Gasteiger charge is 2.59. The first-order chi connectivity index (χ1) is 10.5. The van der Waals surface area contributed by atoms with Crippen molar-refractivity contribution in [2.45, 2.75) is 64.7 Å². The SMILES string of the molecule is Cn1c(=O)n2n(c1=O)C1C(C(C)(C)C)=CC2C2OC(C)(C)OC21. The Labute approximate surface area is 134 Å². The van der Waals surface area contributed by atoms with Crippen LogP contribution in [-0.4, -0.2) is 31.9 Å². The molecular formula is C16H23N3O4. The molecule has 4 unspecified atom stereocenters. The highest BCUT2D eigenvalue weighted by Crippen LogP contribution is 2.52. The standard InChI is InChI=1S/C16H23N3O4/c1-15(2,3)8-7-9-11-12(23-16(4,5)22-11)10(8)19-14(21)17(6)13(20)18(9)19/h7,9-12H,1-6H3. The molecule has 0 N–H and O–H groups in total. The van der Waals surface area contributed by atoms with Gasteiger partial charge in [-0.15, -0.1) is 0 Å². The van der Waals surface area contributed by atoms with Crippen LogP contribution in [0.15, 0.2) is 21.2 Å². The summed E-state index contributed by atoms with van der Waals surface area (Å²) in [5.74, 6) is -0.716. The molecule has 2 bridgehead atoms. The Balaban J connectivity index is 2.00. The van der Waals surface area contributed by atoms with Crippen LogP contribution in [0.4, 0.5) is 0 Å². The third-order valence-corrected chi connectivity index (χ3v) is 5.09.